The summed E-state index contributed by atoms with van der Waals surface area (Å²) in [4.78, 5) is 12.3. The van der Waals surface area contributed by atoms with Crippen molar-refractivity contribution >= 4 is 11.6 Å². The maximum absolute atomic E-state index is 14.6. The van der Waals surface area contributed by atoms with E-state index in [-0.39, 0.29) is 27.8 Å². The van der Waals surface area contributed by atoms with Crippen LogP contribution in [0, 0.1) is 12.7 Å². The molecule has 1 heterocycles. The third-order valence-electron chi connectivity index (χ3n) is 4.44. The molecular weight excluding hydrogens is 319 g/mol. The van der Waals surface area contributed by atoms with Crippen molar-refractivity contribution in [2.24, 2.45) is 0 Å². The molecule has 1 aliphatic rings. The van der Waals surface area contributed by atoms with E-state index in [9.17, 15) is 14.3 Å². The summed E-state index contributed by atoms with van der Waals surface area (Å²) in [6.45, 7) is 1.85. The van der Waals surface area contributed by atoms with Crippen LogP contribution >= 0.6 is 11.6 Å². The molecule has 122 valence electrons. The Morgan fingerprint density at radius 2 is 1.96 bits per heavy atom. The highest BCUT2D eigenvalue weighted by atomic mass is 35.5. The van der Waals surface area contributed by atoms with Gasteiger partial charge >= 0.3 is 5.63 Å². The quantitative estimate of drug-likeness (QED) is 0.824. The molecule has 23 heavy (non-hydrogen) atoms. The smallest absolute Gasteiger partial charge is 0.347 e. The van der Waals surface area contributed by atoms with Gasteiger partial charge in [0.25, 0.3) is 0 Å². The molecular formula is C18H18ClFO3. The second-order valence-corrected chi connectivity index (χ2v) is 6.52. The Kier molecular flexibility index (Phi) is 4.44. The van der Waals surface area contributed by atoms with Gasteiger partial charge in [0.1, 0.15) is 5.56 Å². The minimum atomic E-state index is -0.844. The molecule has 1 aromatic carbocycles. The Morgan fingerprint density at radius 3 is 2.61 bits per heavy atom. The summed E-state index contributed by atoms with van der Waals surface area (Å²) in [6.07, 6.45) is 4.58. The fourth-order valence-corrected chi connectivity index (χ4v) is 3.54. The maximum atomic E-state index is 14.6. The van der Waals surface area contributed by atoms with Crippen LogP contribution in [0.1, 0.15) is 49.3 Å². The van der Waals surface area contributed by atoms with Gasteiger partial charge in [-0.3, -0.25) is 0 Å². The highest BCUT2D eigenvalue weighted by Gasteiger charge is 2.28. The maximum Gasteiger partial charge on any atom is 0.347 e. The van der Waals surface area contributed by atoms with Gasteiger partial charge in [-0.15, -0.1) is 0 Å². The standard InChI is InChI=1S/C18H18ClFO3/c1-10-7-8-12(13(19)9-10)14-16(21)15(20)17(23-18(14)22)11-5-3-2-4-6-11/h7-9,11,21H,2-6H2,1H3. The van der Waals surface area contributed by atoms with Crippen LogP contribution in [-0.4, -0.2) is 5.11 Å². The monoisotopic (exact) mass is 336 g/mol. The van der Waals surface area contributed by atoms with Crippen LogP contribution in [-0.2, 0) is 0 Å². The molecule has 1 N–H and O–H groups in total. The molecule has 1 saturated carbocycles. The first-order valence-electron chi connectivity index (χ1n) is 7.81. The summed E-state index contributed by atoms with van der Waals surface area (Å²) in [5, 5.41) is 10.5. The second kappa shape index (κ2) is 6.36. The Balaban J connectivity index is 2.13. The Morgan fingerprint density at radius 1 is 1.26 bits per heavy atom. The average molecular weight is 337 g/mol. The molecule has 1 aromatic heterocycles. The molecule has 1 fully saturated rings. The van der Waals surface area contributed by atoms with Gasteiger partial charge in [0.05, 0.1) is 0 Å². The van der Waals surface area contributed by atoms with Crippen LogP contribution in [0.4, 0.5) is 4.39 Å². The molecule has 0 atom stereocenters. The Bertz CT molecular complexity index is 792. The van der Waals surface area contributed by atoms with Crippen molar-refractivity contribution in [1.29, 1.82) is 0 Å². The molecule has 5 heteroatoms. The fourth-order valence-electron chi connectivity index (χ4n) is 3.21. The van der Waals surface area contributed by atoms with Gasteiger partial charge in [0.2, 0.25) is 5.82 Å². The van der Waals surface area contributed by atoms with Gasteiger partial charge in [0.15, 0.2) is 11.5 Å². The van der Waals surface area contributed by atoms with E-state index < -0.39 is 17.2 Å². The first-order valence-corrected chi connectivity index (χ1v) is 8.19. The van der Waals surface area contributed by atoms with Crippen molar-refractivity contribution < 1.29 is 13.9 Å². The van der Waals surface area contributed by atoms with Crippen molar-refractivity contribution in [3.05, 3.63) is 50.8 Å². The van der Waals surface area contributed by atoms with Gasteiger partial charge in [-0.2, -0.15) is 4.39 Å². The normalized spacial score (nSPS) is 15.8. The van der Waals surface area contributed by atoms with E-state index in [2.05, 4.69) is 0 Å². The summed E-state index contributed by atoms with van der Waals surface area (Å²) in [5.74, 6) is -1.69. The molecule has 0 spiro atoms. The van der Waals surface area contributed by atoms with E-state index in [4.69, 9.17) is 16.0 Å². The van der Waals surface area contributed by atoms with E-state index in [1.54, 1.807) is 18.2 Å². The number of benzene rings is 1. The average Bonchev–Trinajstić information content (AvgIpc) is 2.54. The van der Waals surface area contributed by atoms with Crippen molar-refractivity contribution in [3.8, 4) is 16.9 Å². The molecule has 0 aliphatic heterocycles. The summed E-state index contributed by atoms with van der Waals surface area (Å²) < 4.78 is 19.8. The minimum absolute atomic E-state index is 0.0285. The Labute approximate surface area is 138 Å². The van der Waals surface area contributed by atoms with E-state index in [1.165, 1.54) is 0 Å². The van der Waals surface area contributed by atoms with Crippen molar-refractivity contribution in [3.63, 3.8) is 0 Å². The summed E-state index contributed by atoms with van der Waals surface area (Å²) in [6, 6.07) is 4.99. The molecule has 0 amide bonds. The lowest BCUT2D eigenvalue weighted by Crippen LogP contribution is -2.13. The van der Waals surface area contributed by atoms with Crippen LogP contribution in [0.5, 0.6) is 5.75 Å². The zero-order valence-electron chi connectivity index (χ0n) is 12.9. The van der Waals surface area contributed by atoms with Gasteiger partial charge in [-0.05, 0) is 31.4 Å². The molecule has 2 aromatic rings. The predicted octanol–water partition coefficient (Wildman–Crippen LogP) is 5.16. The lowest BCUT2D eigenvalue weighted by Gasteiger charge is -2.21. The fraction of sp³-hybridized carbons (Fsp3) is 0.389. The van der Waals surface area contributed by atoms with Crippen molar-refractivity contribution in [1.82, 2.24) is 0 Å². The molecule has 3 nitrogen and oxygen atoms in total. The van der Waals surface area contributed by atoms with Crippen LogP contribution in [0.25, 0.3) is 11.1 Å². The topological polar surface area (TPSA) is 50.4 Å². The van der Waals surface area contributed by atoms with Gasteiger partial charge in [0, 0.05) is 16.5 Å². The van der Waals surface area contributed by atoms with Crippen molar-refractivity contribution in [2.75, 3.05) is 0 Å². The van der Waals surface area contributed by atoms with Crippen LogP contribution in [0.15, 0.2) is 27.4 Å². The number of halogens is 2. The number of aryl methyl sites for hydroxylation is 1. The molecule has 0 bridgehead atoms. The van der Waals surface area contributed by atoms with Crippen molar-refractivity contribution in [2.45, 2.75) is 44.9 Å². The third kappa shape index (κ3) is 3.00. The molecule has 0 saturated heterocycles. The highest BCUT2D eigenvalue weighted by Crippen LogP contribution is 2.39. The highest BCUT2D eigenvalue weighted by molar-refractivity contribution is 6.33. The first-order chi connectivity index (χ1) is 11.0. The summed E-state index contributed by atoms with van der Waals surface area (Å²) in [7, 11) is 0. The summed E-state index contributed by atoms with van der Waals surface area (Å²) in [5.41, 5.74) is 0.210. The van der Waals surface area contributed by atoms with E-state index >= 15 is 0 Å². The predicted molar refractivity (Wildman–Crippen MR) is 87.6 cm³/mol. The van der Waals surface area contributed by atoms with Gasteiger partial charge in [-0.1, -0.05) is 43.0 Å². The first kappa shape index (κ1) is 16.1. The van der Waals surface area contributed by atoms with E-state index in [0.29, 0.717) is 0 Å². The number of hydrogen-bond acceptors (Lipinski definition) is 3. The molecule has 1 aliphatic carbocycles. The zero-order valence-corrected chi connectivity index (χ0v) is 13.6. The molecule has 0 unspecified atom stereocenters. The minimum Gasteiger partial charge on any atom is -0.504 e. The second-order valence-electron chi connectivity index (χ2n) is 6.11. The van der Waals surface area contributed by atoms with Gasteiger partial charge in [-0.25, -0.2) is 4.79 Å². The molecule has 3 rings (SSSR count). The Hall–Kier alpha value is -1.81. The van der Waals surface area contributed by atoms with E-state index in [1.807, 2.05) is 6.92 Å². The number of hydrogen-bond donors (Lipinski definition) is 1. The summed E-state index contributed by atoms with van der Waals surface area (Å²) >= 11 is 6.13. The largest absolute Gasteiger partial charge is 0.504 e. The van der Waals surface area contributed by atoms with Crippen LogP contribution < -0.4 is 5.63 Å². The lowest BCUT2D eigenvalue weighted by atomic mass is 9.87. The lowest BCUT2D eigenvalue weighted by molar-refractivity contribution is 0.314. The SMILES string of the molecule is Cc1ccc(-c2c(O)c(F)c(C3CCCCC3)oc2=O)c(Cl)c1. The number of rotatable bonds is 2. The number of aromatic hydroxyl groups is 1. The van der Waals surface area contributed by atoms with Gasteiger partial charge < -0.3 is 9.52 Å². The molecule has 0 radical (unpaired) electrons. The van der Waals surface area contributed by atoms with Crippen LogP contribution in [0.2, 0.25) is 5.02 Å². The van der Waals surface area contributed by atoms with E-state index in [0.717, 1.165) is 37.7 Å². The zero-order chi connectivity index (χ0) is 16.6. The van der Waals surface area contributed by atoms with Crippen LogP contribution in [0.3, 0.4) is 0 Å². The third-order valence-corrected chi connectivity index (χ3v) is 4.75.